The number of para-hydroxylation sites is 1. The van der Waals surface area contributed by atoms with E-state index in [4.69, 9.17) is 13.9 Å². The molecule has 2 aromatic carbocycles. The molecule has 0 amide bonds. The Bertz CT molecular complexity index is 945. The molecule has 23 heavy (non-hydrogen) atoms. The number of nitrogens with zero attached hydrogens (tertiary/aromatic N) is 1. The van der Waals surface area contributed by atoms with Crippen LogP contribution in [0, 0.1) is 0 Å². The van der Waals surface area contributed by atoms with E-state index in [0.717, 1.165) is 0 Å². The Morgan fingerprint density at radius 2 is 1.96 bits per heavy atom. The summed E-state index contributed by atoms with van der Waals surface area (Å²) in [7, 11) is 1.47. The first-order valence-corrected chi connectivity index (χ1v) is 6.85. The lowest BCUT2D eigenvalue weighted by Gasteiger charge is -2.09. The van der Waals surface area contributed by atoms with Gasteiger partial charge in [0.1, 0.15) is 11.5 Å². The smallest absolute Gasteiger partial charge is 0.347 e. The first kappa shape index (κ1) is 14.8. The van der Waals surface area contributed by atoms with Crippen LogP contribution in [-0.2, 0) is 4.79 Å². The molecule has 0 aliphatic rings. The van der Waals surface area contributed by atoms with Crippen LogP contribution in [0.5, 0.6) is 11.5 Å². The summed E-state index contributed by atoms with van der Waals surface area (Å²) in [5, 5.41) is 0.409. The molecular formula is C17H13NO5. The summed E-state index contributed by atoms with van der Waals surface area (Å²) >= 11 is 0. The van der Waals surface area contributed by atoms with Gasteiger partial charge in [-0.1, -0.05) is 12.1 Å². The van der Waals surface area contributed by atoms with E-state index in [1.54, 1.807) is 36.4 Å². The van der Waals surface area contributed by atoms with E-state index in [1.807, 2.05) is 0 Å². The standard InChI is InChI=1S/C17H13NO5/c1-10(19)22-11-7-8-13(15(9-11)21-2)16-18-14-6-4-3-5-12(14)17(20)23-16/h3-9H,1-2H3. The Labute approximate surface area is 131 Å². The monoisotopic (exact) mass is 311 g/mol. The van der Waals surface area contributed by atoms with Crippen LogP contribution in [0.3, 0.4) is 0 Å². The van der Waals surface area contributed by atoms with Crippen molar-refractivity contribution in [2.45, 2.75) is 6.92 Å². The minimum atomic E-state index is -0.475. The van der Waals surface area contributed by atoms with E-state index in [0.29, 0.717) is 28.0 Å². The second-order valence-corrected chi connectivity index (χ2v) is 4.78. The van der Waals surface area contributed by atoms with Crippen LogP contribution < -0.4 is 15.1 Å². The molecule has 0 aliphatic carbocycles. The number of ether oxygens (including phenoxy) is 2. The van der Waals surface area contributed by atoms with Crippen LogP contribution in [0.4, 0.5) is 0 Å². The van der Waals surface area contributed by atoms with Gasteiger partial charge >= 0.3 is 11.6 Å². The molecule has 0 radical (unpaired) electrons. The molecular weight excluding hydrogens is 298 g/mol. The number of fused-ring (bicyclic) bond motifs is 1. The average Bonchev–Trinajstić information content (AvgIpc) is 2.54. The molecule has 0 saturated heterocycles. The predicted octanol–water partition coefficient (Wildman–Crippen LogP) is 2.79. The molecule has 0 unspecified atom stereocenters. The quantitative estimate of drug-likeness (QED) is 0.546. The summed E-state index contributed by atoms with van der Waals surface area (Å²) in [5.74, 6) is 0.422. The lowest BCUT2D eigenvalue weighted by molar-refractivity contribution is -0.131. The van der Waals surface area contributed by atoms with E-state index in [-0.39, 0.29) is 5.89 Å². The van der Waals surface area contributed by atoms with Gasteiger partial charge < -0.3 is 13.9 Å². The number of esters is 1. The number of carbonyl (C=O) groups is 1. The van der Waals surface area contributed by atoms with Crippen LogP contribution in [0.1, 0.15) is 6.92 Å². The fraction of sp³-hybridized carbons (Fsp3) is 0.118. The molecule has 3 rings (SSSR count). The van der Waals surface area contributed by atoms with Crippen LogP contribution >= 0.6 is 0 Å². The zero-order valence-electron chi connectivity index (χ0n) is 12.5. The van der Waals surface area contributed by atoms with Crippen molar-refractivity contribution in [3.63, 3.8) is 0 Å². The van der Waals surface area contributed by atoms with E-state index >= 15 is 0 Å². The summed E-state index contributed by atoms with van der Waals surface area (Å²) in [5.41, 5.74) is 0.549. The summed E-state index contributed by atoms with van der Waals surface area (Å²) < 4.78 is 15.6. The maximum absolute atomic E-state index is 12.1. The molecule has 0 atom stereocenters. The highest BCUT2D eigenvalue weighted by molar-refractivity contribution is 5.79. The third-order valence-corrected chi connectivity index (χ3v) is 3.20. The van der Waals surface area contributed by atoms with Crippen molar-refractivity contribution in [1.29, 1.82) is 0 Å². The Morgan fingerprint density at radius 1 is 1.17 bits per heavy atom. The number of hydrogen-bond acceptors (Lipinski definition) is 6. The number of aromatic nitrogens is 1. The first-order valence-electron chi connectivity index (χ1n) is 6.85. The summed E-state index contributed by atoms with van der Waals surface area (Å²) in [6.07, 6.45) is 0. The van der Waals surface area contributed by atoms with Crippen molar-refractivity contribution >= 4 is 16.9 Å². The van der Waals surface area contributed by atoms with Gasteiger partial charge in [-0.2, -0.15) is 0 Å². The van der Waals surface area contributed by atoms with Crippen LogP contribution in [0.15, 0.2) is 51.7 Å². The maximum atomic E-state index is 12.1. The van der Waals surface area contributed by atoms with E-state index in [9.17, 15) is 9.59 Å². The lowest BCUT2D eigenvalue weighted by atomic mass is 10.1. The zero-order valence-corrected chi connectivity index (χ0v) is 12.5. The van der Waals surface area contributed by atoms with Gasteiger partial charge in [0, 0.05) is 13.0 Å². The highest BCUT2D eigenvalue weighted by atomic mass is 16.5. The van der Waals surface area contributed by atoms with Gasteiger partial charge in [0.25, 0.3) is 0 Å². The van der Waals surface area contributed by atoms with Gasteiger partial charge in [0.15, 0.2) is 0 Å². The molecule has 0 spiro atoms. The minimum Gasteiger partial charge on any atom is -0.496 e. The number of benzene rings is 2. The van der Waals surface area contributed by atoms with Gasteiger partial charge in [-0.15, -0.1) is 0 Å². The first-order chi connectivity index (χ1) is 11.1. The largest absolute Gasteiger partial charge is 0.496 e. The predicted molar refractivity (Wildman–Crippen MR) is 83.6 cm³/mol. The molecule has 1 aromatic heterocycles. The second kappa shape index (κ2) is 5.92. The van der Waals surface area contributed by atoms with E-state index in [1.165, 1.54) is 20.1 Å². The number of carbonyl (C=O) groups excluding carboxylic acids is 1. The maximum Gasteiger partial charge on any atom is 0.347 e. The molecule has 0 N–H and O–H groups in total. The van der Waals surface area contributed by atoms with Gasteiger partial charge in [-0.3, -0.25) is 4.79 Å². The van der Waals surface area contributed by atoms with Crippen molar-refractivity contribution < 1.29 is 18.7 Å². The van der Waals surface area contributed by atoms with Gasteiger partial charge in [0.2, 0.25) is 5.89 Å². The van der Waals surface area contributed by atoms with Crippen LogP contribution in [-0.4, -0.2) is 18.1 Å². The molecule has 3 aromatic rings. The highest BCUT2D eigenvalue weighted by Gasteiger charge is 2.14. The Hall–Kier alpha value is -3.15. The van der Waals surface area contributed by atoms with Gasteiger partial charge in [0.05, 0.1) is 23.6 Å². The van der Waals surface area contributed by atoms with Crippen molar-refractivity contribution in [3.8, 4) is 23.0 Å². The van der Waals surface area contributed by atoms with Gasteiger partial charge in [-0.25, -0.2) is 9.78 Å². The SMILES string of the molecule is COc1cc(OC(C)=O)ccc1-c1nc2ccccc2c(=O)o1. The molecule has 0 bridgehead atoms. The zero-order chi connectivity index (χ0) is 16.4. The topological polar surface area (TPSA) is 78.6 Å². The van der Waals surface area contributed by atoms with Crippen LogP contribution in [0.2, 0.25) is 0 Å². The normalized spacial score (nSPS) is 10.5. The summed E-state index contributed by atoms with van der Waals surface area (Å²) in [6.45, 7) is 1.31. The van der Waals surface area contributed by atoms with Crippen molar-refractivity contribution in [1.82, 2.24) is 4.98 Å². The summed E-state index contributed by atoms with van der Waals surface area (Å²) in [4.78, 5) is 27.4. The Balaban J connectivity index is 2.14. The highest BCUT2D eigenvalue weighted by Crippen LogP contribution is 2.32. The fourth-order valence-electron chi connectivity index (χ4n) is 2.21. The van der Waals surface area contributed by atoms with Crippen LogP contribution in [0.25, 0.3) is 22.4 Å². The molecule has 116 valence electrons. The van der Waals surface area contributed by atoms with E-state index in [2.05, 4.69) is 4.98 Å². The molecule has 1 heterocycles. The number of hydrogen-bond donors (Lipinski definition) is 0. The molecule has 6 heteroatoms. The molecule has 0 fully saturated rings. The molecule has 0 saturated carbocycles. The second-order valence-electron chi connectivity index (χ2n) is 4.78. The van der Waals surface area contributed by atoms with E-state index < -0.39 is 11.6 Å². The van der Waals surface area contributed by atoms with Crippen molar-refractivity contribution in [3.05, 3.63) is 52.9 Å². The molecule has 6 nitrogen and oxygen atoms in total. The Kier molecular flexibility index (Phi) is 3.80. The third kappa shape index (κ3) is 2.91. The Morgan fingerprint density at radius 3 is 2.70 bits per heavy atom. The third-order valence-electron chi connectivity index (χ3n) is 3.20. The average molecular weight is 311 g/mol. The molecule has 0 aliphatic heterocycles. The number of rotatable bonds is 3. The van der Waals surface area contributed by atoms with Gasteiger partial charge in [-0.05, 0) is 24.3 Å². The van der Waals surface area contributed by atoms with Crippen molar-refractivity contribution in [2.75, 3.05) is 7.11 Å². The summed E-state index contributed by atoms with van der Waals surface area (Å²) in [6, 6.07) is 11.7. The fourth-order valence-corrected chi connectivity index (χ4v) is 2.21. The van der Waals surface area contributed by atoms with Crippen molar-refractivity contribution in [2.24, 2.45) is 0 Å². The lowest BCUT2D eigenvalue weighted by Crippen LogP contribution is -2.04. The number of methoxy groups -OCH3 is 1. The minimum absolute atomic E-state index is 0.139.